The minimum Gasteiger partial charge on any atom is -0.444 e. The van der Waals surface area contributed by atoms with Crippen LogP contribution in [0, 0.1) is 6.92 Å². The van der Waals surface area contributed by atoms with E-state index >= 15 is 0 Å². The van der Waals surface area contributed by atoms with Crippen LogP contribution in [0.2, 0.25) is 0 Å². The number of fused-ring (bicyclic) bond motifs is 2. The first-order valence-electron chi connectivity index (χ1n) is 8.43. The summed E-state index contributed by atoms with van der Waals surface area (Å²) in [7, 11) is 0. The van der Waals surface area contributed by atoms with E-state index in [1.165, 1.54) is 0 Å². The summed E-state index contributed by atoms with van der Waals surface area (Å²) in [6.07, 6.45) is 2.25. The van der Waals surface area contributed by atoms with Crippen molar-refractivity contribution in [2.75, 3.05) is 13.2 Å². The van der Waals surface area contributed by atoms with Gasteiger partial charge in [-0.1, -0.05) is 6.07 Å². The first-order valence-corrected chi connectivity index (χ1v) is 8.43. The van der Waals surface area contributed by atoms with Crippen molar-refractivity contribution in [3.05, 3.63) is 29.6 Å². The van der Waals surface area contributed by atoms with Crippen LogP contribution >= 0.6 is 0 Å². The van der Waals surface area contributed by atoms with E-state index in [1.54, 1.807) is 11.1 Å². The van der Waals surface area contributed by atoms with Gasteiger partial charge in [0.1, 0.15) is 5.60 Å². The second-order valence-corrected chi connectivity index (χ2v) is 7.81. The van der Waals surface area contributed by atoms with Gasteiger partial charge in [0.25, 0.3) is 0 Å². The Morgan fingerprint density at radius 3 is 2.54 bits per heavy atom. The number of rotatable bonds is 1. The zero-order valence-corrected chi connectivity index (χ0v) is 14.8. The number of nitrogens with zero attached hydrogens (tertiary/aromatic N) is 2. The van der Waals surface area contributed by atoms with Gasteiger partial charge in [0.2, 0.25) is 0 Å². The fraction of sp³-hybridized carbons (Fsp3) is 0.667. The highest BCUT2D eigenvalue weighted by Crippen LogP contribution is 2.42. The number of hydrogen-bond donors (Lipinski definition) is 1. The molecule has 2 aliphatic rings. The fourth-order valence-corrected chi connectivity index (χ4v) is 3.79. The van der Waals surface area contributed by atoms with Gasteiger partial charge < -0.3 is 14.6 Å². The molecule has 24 heavy (non-hydrogen) atoms. The van der Waals surface area contributed by atoms with Crippen LogP contribution in [0.25, 0.3) is 0 Å². The lowest BCUT2D eigenvalue weighted by atomic mass is 9.76. The van der Waals surface area contributed by atoms with Gasteiger partial charge in [0.05, 0.1) is 30.9 Å². The molecule has 1 aromatic rings. The summed E-state index contributed by atoms with van der Waals surface area (Å²) in [5, 5.41) is 11.3. The summed E-state index contributed by atoms with van der Waals surface area (Å²) in [6.45, 7) is 8.30. The molecule has 6 nitrogen and oxygen atoms in total. The Labute approximate surface area is 142 Å². The van der Waals surface area contributed by atoms with Crippen molar-refractivity contribution in [3.8, 4) is 0 Å². The molecule has 2 unspecified atom stereocenters. The highest BCUT2D eigenvalue weighted by molar-refractivity contribution is 5.69. The standard InChI is InChI=1S/C18H26N2O4/c1-12-15(6-5-7-19-12)18(22)8-13-10-23-11-14(9-18)20(13)16(21)24-17(2,3)4/h5-7,13-14,22H,8-11H2,1-4H3. The third-order valence-corrected chi connectivity index (χ3v) is 4.67. The van der Waals surface area contributed by atoms with Gasteiger partial charge in [-0.15, -0.1) is 0 Å². The van der Waals surface area contributed by atoms with Crippen molar-refractivity contribution in [2.45, 2.75) is 63.8 Å². The lowest BCUT2D eigenvalue weighted by Gasteiger charge is -2.51. The average molecular weight is 334 g/mol. The average Bonchev–Trinajstić information content (AvgIpc) is 2.44. The highest BCUT2D eigenvalue weighted by Gasteiger charge is 2.50. The van der Waals surface area contributed by atoms with E-state index in [9.17, 15) is 9.90 Å². The molecular formula is C18H26N2O4. The predicted octanol–water partition coefficient (Wildman–Crippen LogP) is 2.38. The monoisotopic (exact) mass is 334 g/mol. The topological polar surface area (TPSA) is 71.9 Å². The van der Waals surface area contributed by atoms with Crippen LogP contribution < -0.4 is 0 Å². The molecule has 0 saturated carbocycles. The van der Waals surface area contributed by atoms with Gasteiger partial charge in [0, 0.05) is 30.3 Å². The smallest absolute Gasteiger partial charge is 0.410 e. The van der Waals surface area contributed by atoms with Crippen LogP contribution in [-0.4, -0.2) is 52.0 Å². The van der Waals surface area contributed by atoms with Crippen LogP contribution in [0.15, 0.2) is 18.3 Å². The van der Waals surface area contributed by atoms with E-state index in [4.69, 9.17) is 9.47 Å². The number of hydrogen-bond acceptors (Lipinski definition) is 5. The minimum atomic E-state index is -0.990. The number of aliphatic hydroxyl groups is 1. The lowest BCUT2D eigenvalue weighted by molar-refractivity contribution is -0.141. The molecule has 1 amide bonds. The summed E-state index contributed by atoms with van der Waals surface area (Å²) in [4.78, 5) is 18.7. The summed E-state index contributed by atoms with van der Waals surface area (Å²) in [5.74, 6) is 0. The maximum atomic E-state index is 12.6. The molecule has 1 N–H and O–H groups in total. The molecule has 1 aromatic heterocycles. The first-order chi connectivity index (χ1) is 11.2. The zero-order valence-electron chi connectivity index (χ0n) is 14.8. The molecule has 3 heterocycles. The van der Waals surface area contributed by atoms with Crippen LogP contribution in [0.3, 0.4) is 0 Å². The number of ether oxygens (including phenoxy) is 2. The van der Waals surface area contributed by atoms with Crippen molar-refractivity contribution in [1.82, 2.24) is 9.88 Å². The Kier molecular flexibility index (Phi) is 4.30. The Morgan fingerprint density at radius 1 is 1.38 bits per heavy atom. The molecule has 0 spiro atoms. The van der Waals surface area contributed by atoms with Gasteiger partial charge in [-0.25, -0.2) is 4.79 Å². The van der Waals surface area contributed by atoms with Gasteiger partial charge in [-0.3, -0.25) is 9.88 Å². The molecule has 132 valence electrons. The van der Waals surface area contributed by atoms with Crippen molar-refractivity contribution in [1.29, 1.82) is 0 Å². The molecule has 2 bridgehead atoms. The molecule has 2 atom stereocenters. The molecule has 0 aromatic carbocycles. The van der Waals surface area contributed by atoms with E-state index in [1.807, 2.05) is 39.8 Å². The van der Waals surface area contributed by atoms with Crippen molar-refractivity contribution in [2.24, 2.45) is 0 Å². The molecule has 2 saturated heterocycles. The quantitative estimate of drug-likeness (QED) is 0.854. The predicted molar refractivity (Wildman–Crippen MR) is 88.6 cm³/mol. The Morgan fingerprint density at radius 2 is 2.00 bits per heavy atom. The highest BCUT2D eigenvalue weighted by atomic mass is 16.6. The van der Waals surface area contributed by atoms with Crippen LogP contribution in [0.4, 0.5) is 4.79 Å². The number of pyridine rings is 1. The molecule has 2 aliphatic heterocycles. The maximum Gasteiger partial charge on any atom is 0.410 e. The molecular weight excluding hydrogens is 308 g/mol. The van der Waals surface area contributed by atoms with Crippen molar-refractivity contribution >= 4 is 6.09 Å². The lowest BCUT2D eigenvalue weighted by Crippen LogP contribution is -2.63. The number of carbonyl (C=O) groups is 1. The van der Waals surface area contributed by atoms with Gasteiger partial charge in [0.15, 0.2) is 0 Å². The van der Waals surface area contributed by atoms with Crippen LogP contribution in [0.1, 0.15) is 44.9 Å². The fourth-order valence-electron chi connectivity index (χ4n) is 3.79. The van der Waals surface area contributed by atoms with Crippen LogP contribution in [0.5, 0.6) is 0 Å². The summed E-state index contributed by atoms with van der Waals surface area (Å²) in [5.41, 5.74) is 0.131. The third-order valence-electron chi connectivity index (χ3n) is 4.67. The van der Waals surface area contributed by atoms with Gasteiger partial charge in [-0.2, -0.15) is 0 Å². The van der Waals surface area contributed by atoms with Crippen molar-refractivity contribution < 1.29 is 19.4 Å². The number of amides is 1. The minimum absolute atomic E-state index is 0.197. The Hall–Kier alpha value is -1.66. The van der Waals surface area contributed by atoms with Gasteiger partial charge >= 0.3 is 6.09 Å². The molecule has 2 fully saturated rings. The van der Waals surface area contributed by atoms with Crippen molar-refractivity contribution in [3.63, 3.8) is 0 Å². The molecule has 0 aliphatic carbocycles. The van der Waals surface area contributed by atoms with Gasteiger partial charge in [-0.05, 0) is 33.8 Å². The van der Waals surface area contributed by atoms with E-state index in [0.717, 1.165) is 11.3 Å². The largest absolute Gasteiger partial charge is 0.444 e. The second kappa shape index (κ2) is 6.01. The molecule has 0 radical (unpaired) electrons. The van der Waals surface area contributed by atoms with E-state index in [-0.39, 0.29) is 18.2 Å². The normalized spacial score (nSPS) is 30.1. The molecule has 3 rings (SSSR count). The summed E-state index contributed by atoms with van der Waals surface area (Å²) >= 11 is 0. The Bertz CT molecular complexity index is 612. The third kappa shape index (κ3) is 3.26. The number of aromatic nitrogens is 1. The Balaban J connectivity index is 1.86. The maximum absolute atomic E-state index is 12.6. The summed E-state index contributed by atoms with van der Waals surface area (Å²) in [6, 6.07) is 3.36. The van der Waals surface area contributed by atoms with E-state index in [0.29, 0.717) is 26.1 Å². The zero-order chi connectivity index (χ0) is 17.5. The first kappa shape index (κ1) is 17.2. The van der Waals surface area contributed by atoms with Crippen LogP contribution in [-0.2, 0) is 15.1 Å². The summed E-state index contributed by atoms with van der Waals surface area (Å²) < 4.78 is 11.2. The van der Waals surface area contributed by atoms with E-state index in [2.05, 4.69) is 4.98 Å². The second-order valence-electron chi connectivity index (χ2n) is 7.81. The number of aryl methyl sites for hydroxylation is 1. The number of morpholine rings is 1. The number of carbonyl (C=O) groups excluding carboxylic acids is 1. The SMILES string of the molecule is Cc1ncccc1C1(O)CC2COCC(C1)N2C(=O)OC(C)(C)C. The number of piperidine rings is 1. The molecule has 6 heteroatoms. The van der Waals surface area contributed by atoms with E-state index < -0.39 is 11.2 Å².